The number of likely N-dealkylation sites (N-methyl/N-ethyl adjacent to an activating group) is 1. The van der Waals surface area contributed by atoms with Crippen molar-refractivity contribution in [2.24, 2.45) is 0 Å². The molecule has 5 heteroatoms. The van der Waals surface area contributed by atoms with Crippen LogP contribution in [0.1, 0.15) is 42.0 Å². The number of carbonyl (C=O) groups is 1. The van der Waals surface area contributed by atoms with Gasteiger partial charge in [-0.15, -0.1) is 0 Å². The first kappa shape index (κ1) is 13.5. The van der Waals surface area contributed by atoms with Crippen LogP contribution in [0.25, 0.3) is 0 Å². The second kappa shape index (κ2) is 5.48. The van der Waals surface area contributed by atoms with Gasteiger partial charge in [-0.25, -0.2) is 9.97 Å². The van der Waals surface area contributed by atoms with E-state index in [9.17, 15) is 4.79 Å². The topological polar surface area (TPSA) is 49.3 Å². The molecule has 2 aliphatic heterocycles. The average Bonchev–Trinajstić information content (AvgIpc) is 3.06. The van der Waals surface area contributed by atoms with Crippen LogP contribution in [0.15, 0.2) is 12.3 Å². The van der Waals surface area contributed by atoms with Gasteiger partial charge in [0.05, 0.1) is 0 Å². The smallest absolute Gasteiger partial charge is 0.272 e. The number of carbonyl (C=O) groups excluding carboxylic acids is 1. The molecule has 2 saturated heterocycles. The van der Waals surface area contributed by atoms with Crippen LogP contribution in [0, 0.1) is 6.92 Å². The van der Waals surface area contributed by atoms with Crippen LogP contribution in [0.2, 0.25) is 0 Å². The van der Waals surface area contributed by atoms with E-state index in [1.165, 1.54) is 12.8 Å². The van der Waals surface area contributed by atoms with E-state index in [0.717, 1.165) is 25.9 Å². The average molecular weight is 274 g/mol. The highest BCUT2D eigenvalue weighted by Crippen LogP contribution is 2.29. The highest BCUT2D eigenvalue weighted by atomic mass is 16.2. The minimum absolute atomic E-state index is 0.0679. The molecule has 108 valence electrons. The summed E-state index contributed by atoms with van der Waals surface area (Å²) in [6.45, 7) is 3.83. The monoisotopic (exact) mass is 274 g/mol. The van der Waals surface area contributed by atoms with E-state index in [1.54, 1.807) is 12.3 Å². The molecule has 0 saturated carbocycles. The van der Waals surface area contributed by atoms with Crippen molar-refractivity contribution >= 4 is 5.91 Å². The van der Waals surface area contributed by atoms with Gasteiger partial charge < -0.3 is 9.80 Å². The van der Waals surface area contributed by atoms with Crippen molar-refractivity contribution in [3.63, 3.8) is 0 Å². The summed E-state index contributed by atoms with van der Waals surface area (Å²) in [6, 6.07) is 2.60. The summed E-state index contributed by atoms with van der Waals surface area (Å²) in [5.74, 6) is 0.725. The molecule has 3 rings (SSSR count). The largest absolute Gasteiger partial charge is 0.333 e. The van der Waals surface area contributed by atoms with Crippen molar-refractivity contribution in [2.75, 3.05) is 20.1 Å². The molecule has 0 aromatic carbocycles. The standard InChI is InChI=1S/C15H22N4O/c1-11-16-8-7-12(17-11)15(20)19-10-4-6-14(19)13-5-3-9-18(13)2/h7-8,13-14H,3-6,9-10H2,1-2H3/t13-,14+/m1/s1. The zero-order valence-corrected chi connectivity index (χ0v) is 12.2. The van der Waals surface area contributed by atoms with Gasteiger partial charge in [0.1, 0.15) is 11.5 Å². The SMILES string of the molecule is Cc1nccc(C(=O)N2CCC[C@H]2[C@H]2CCCN2C)n1. The molecule has 2 fully saturated rings. The van der Waals surface area contributed by atoms with E-state index in [2.05, 4.69) is 21.9 Å². The molecular weight excluding hydrogens is 252 g/mol. The van der Waals surface area contributed by atoms with E-state index in [-0.39, 0.29) is 5.91 Å². The van der Waals surface area contributed by atoms with Gasteiger partial charge in [-0.2, -0.15) is 0 Å². The number of hydrogen-bond acceptors (Lipinski definition) is 4. The minimum atomic E-state index is 0.0679. The predicted octanol–water partition coefficient (Wildman–Crippen LogP) is 1.48. The van der Waals surface area contributed by atoms with Gasteiger partial charge in [-0.1, -0.05) is 0 Å². The Morgan fingerprint density at radius 3 is 2.70 bits per heavy atom. The molecular formula is C15H22N4O. The lowest BCUT2D eigenvalue weighted by molar-refractivity contribution is 0.0658. The molecule has 2 atom stereocenters. The van der Waals surface area contributed by atoms with E-state index < -0.39 is 0 Å². The lowest BCUT2D eigenvalue weighted by atomic mass is 10.0. The minimum Gasteiger partial charge on any atom is -0.333 e. The summed E-state index contributed by atoms with van der Waals surface area (Å²) >= 11 is 0. The van der Waals surface area contributed by atoms with Crippen LogP contribution < -0.4 is 0 Å². The zero-order valence-electron chi connectivity index (χ0n) is 12.2. The van der Waals surface area contributed by atoms with Gasteiger partial charge in [0.2, 0.25) is 0 Å². The fourth-order valence-electron chi connectivity index (χ4n) is 3.59. The molecule has 0 N–H and O–H groups in total. The third-order valence-corrected chi connectivity index (χ3v) is 4.58. The van der Waals surface area contributed by atoms with Crippen molar-refractivity contribution in [1.82, 2.24) is 19.8 Å². The summed E-state index contributed by atoms with van der Waals surface area (Å²) in [6.07, 6.45) is 6.33. The Morgan fingerprint density at radius 1 is 1.25 bits per heavy atom. The lowest BCUT2D eigenvalue weighted by Gasteiger charge is -2.33. The van der Waals surface area contributed by atoms with Crippen molar-refractivity contribution in [2.45, 2.75) is 44.7 Å². The molecule has 1 aromatic heterocycles. The van der Waals surface area contributed by atoms with Crippen LogP contribution in [0.5, 0.6) is 0 Å². The third-order valence-electron chi connectivity index (χ3n) is 4.58. The Labute approximate surface area is 120 Å². The highest BCUT2D eigenvalue weighted by Gasteiger charge is 2.38. The number of nitrogens with zero attached hydrogens (tertiary/aromatic N) is 4. The molecule has 5 nitrogen and oxygen atoms in total. The maximum Gasteiger partial charge on any atom is 0.272 e. The van der Waals surface area contributed by atoms with E-state index in [0.29, 0.717) is 23.6 Å². The molecule has 2 aliphatic rings. The number of rotatable bonds is 2. The van der Waals surface area contributed by atoms with Gasteiger partial charge in [-0.3, -0.25) is 4.79 Å². The molecule has 0 unspecified atom stereocenters. The lowest BCUT2D eigenvalue weighted by Crippen LogP contribution is -2.47. The second-order valence-corrected chi connectivity index (χ2v) is 5.89. The van der Waals surface area contributed by atoms with E-state index in [1.807, 2.05) is 11.8 Å². The van der Waals surface area contributed by atoms with Gasteiger partial charge in [0.25, 0.3) is 5.91 Å². The molecule has 1 amide bonds. The molecule has 0 bridgehead atoms. The zero-order chi connectivity index (χ0) is 14.1. The maximum atomic E-state index is 12.7. The Balaban J connectivity index is 1.79. The number of aromatic nitrogens is 2. The van der Waals surface area contributed by atoms with Crippen LogP contribution in [0.3, 0.4) is 0 Å². The van der Waals surface area contributed by atoms with Crippen molar-refractivity contribution in [1.29, 1.82) is 0 Å². The van der Waals surface area contributed by atoms with Crippen LogP contribution >= 0.6 is 0 Å². The van der Waals surface area contributed by atoms with Gasteiger partial charge in [0.15, 0.2) is 0 Å². The molecule has 0 radical (unpaired) electrons. The number of likely N-dealkylation sites (tertiary alicyclic amines) is 2. The fraction of sp³-hybridized carbons (Fsp3) is 0.667. The Morgan fingerprint density at radius 2 is 2.00 bits per heavy atom. The van der Waals surface area contributed by atoms with Gasteiger partial charge in [0, 0.05) is 24.8 Å². The fourth-order valence-corrected chi connectivity index (χ4v) is 3.59. The maximum absolute atomic E-state index is 12.7. The van der Waals surface area contributed by atoms with E-state index in [4.69, 9.17) is 0 Å². The number of amides is 1. The summed E-state index contributed by atoms with van der Waals surface area (Å²) in [5.41, 5.74) is 0.532. The molecule has 0 spiro atoms. The van der Waals surface area contributed by atoms with Crippen molar-refractivity contribution < 1.29 is 4.79 Å². The predicted molar refractivity (Wildman–Crippen MR) is 76.5 cm³/mol. The Hall–Kier alpha value is -1.49. The van der Waals surface area contributed by atoms with Crippen molar-refractivity contribution in [3.8, 4) is 0 Å². The first-order chi connectivity index (χ1) is 9.66. The molecule has 3 heterocycles. The summed E-state index contributed by atoms with van der Waals surface area (Å²) in [5, 5.41) is 0. The molecule has 1 aromatic rings. The van der Waals surface area contributed by atoms with Crippen molar-refractivity contribution in [3.05, 3.63) is 23.8 Å². The normalized spacial score (nSPS) is 27.2. The summed E-state index contributed by atoms with van der Waals surface area (Å²) in [7, 11) is 2.17. The van der Waals surface area contributed by atoms with E-state index >= 15 is 0 Å². The third kappa shape index (κ3) is 2.42. The summed E-state index contributed by atoms with van der Waals surface area (Å²) in [4.78, 5) is 25.5. The highest BCUT2D eigenvalue weighted by molar-refractivity contribution is 5.92. The Bertz CT molecular complexity index is 504. The molecule has 20 heavy (non-hydrogen) atoms. The Kier molecular flexibility index (Phi) is 3.70. The van der Waals surface area contributed by atoms with Gasteiger partial charge in [-0.05, 0) is 52.3 Å². The number of hydrogen-bond donors (Lipinski definition) is 0. The van der Waals surface area contributed by atoms with Gasteiger partial charge >= 0.3 is 0 Å². The van der Waals surface area contributed by atoms with Crippen LogP contribution in [0.4, 0.5) is 0 Å². The summed E-state index contributed by atoms with van der Waals surface area (Å²) < 4.78 is 0. The first-order valence-electron chi connectivity index (χ1n) is 7.47. The first-order valence-corrected chi connectivity index (χ1v) is 7.47. The van der Waals surface area contributed by atoms with Crippen LogP contribution in [-0.4, -0.2) is 57.9 Å². The second-order valence-electron chi connectivity index (χ2n) is 5.89. The number of aryl methyl sites for hydroxylation is 1. The molecule has 0 aliphatic carbocycles. The quantitative estimate of drug-likeness (QED) is 0.820. The van der Waals surface area contributed by atoms with Crippen LogP contribution in [-0.2, 0) is 0 Å².